The highest BCUT2D eigenvalue weighted by atomic mass is 16.5. The average molecular weight is 388 g/mol. The van der Waals surface area contributed by atoms with E-state index in [-0.39, 0.29) is 37.4 Å². The summed E-state index contributed by atoms with van der Waals surface area (Å²) < 4.78 is 10.5. The van der Waals surface area contributed by atoms with Crippen LogP contribution in [0.4, 0.5) is 5.69 Å². The minimum absolute atomic E-state index is 0.0676. The smallest absolute Gasteiger partial charge is 0.311 e. The Labute approximate surface area is 165 Å². The molecule has 3 atom stereocenters. The third-order valence-corrected chi connectivity index (χ3v) is 5.64. The van der Waals surface area contributed by atoms with Crippen molar-refractivity contribution in [3.8, 4) is 5.75 Å². The van der Waals surface area contributed by atoms with Crippen molar-refractivity contribution in [3.05, 3.63) is 24.3 Å². The standard InChI is InChI=1S/C21H28N2O5/c1-14-7-3-4-8-16(14)22-19(24)13-28-21(26)15-11-20(25)23(12-15)17-9-5-6-10-18(17)27-2/h5-6,9-10,14-16H,3-4,7-8,11-13H2,1-2H3,(H,22,24)/t14-,15-,16+/m1/s1. The van der Waals surface area contributed by atoms with Gasteiger partial charge in [-0.25, -0.2) is 0 Å². The van der Waals surface area contributed by atoms with Gasteiger partial charge in [0.2, 0.25) is 5.91 Å². The van der Waals surface area contributed by atoms with E-state index >= 15 is 0 Å². The molecule has 1 N–H and O–H groups in total. The van der Waals surface area contributed by atoms with Crippen molar-refractivity contribution in [2.75, 3.05) is 25.2 Å². The first kappa shape index (κ1) is 20.2. The van der Waals surface area contributed by atoms with E-state index in [1.54, 1.807) is 12.1 Å². The molecule has 2 aliphatic rings. The summed E-state index contributed by atoms with van der Waals surface area (Å²) in [7, 11) is 1.54. The number of ether oxygens (including phenoxy) is 2. The van der Waals surface area contributed by atoms with Gasteiger partial charge in [-0.2, -0.15) is 0 Å². The largest absolute Gasteiger partial charge is 0.495 e. The molecular formula is C21H28N2O5. The van der Waals surface area contributed by atoms with Crippen LogP contribution in [0.5, 0.6) is 5.75 Å². The third-order valence-electron chi connectivity index (χ3n) is 5.64. The number of carbonyl (C=O) groups excluding carboxylic acids is 3. The predicted molar refractivity (Wildman–Crippen MR) is 104 cm³/mol. The van der Waals surface area contributed by atoms with Crippen LogP contribution in [0.1, 0.15) is 39.0 Å². The molecule has 1 saturated carbocycles. The second-order valence-electron chi connectivity index (χ2n) is 7.62. The summed E-state index contributed by atoms with van der Waals surface area (Å²) in [4.78, 5) is 38.4. The van der Waals surface area contributed by atoms with Crippen LogP contribution < -0.4 is 15.0 Å². The lowest BCUT2D eigenvalue weighted by Gasteiger charge is -2.29. The first-order valence-electron chi connectivity index (χ1n) is 9.89. The lowest BCUT2D eigenvalue weighted by Crippen LogP contribution is -2.43. The van der Waals surface area contributed by atoms with Crippen molar-refractivity contribution >= 4 is 23.5 Å². The van der Waals surface area contributed by atoms with Crippen LogP contribution in [-0.2, 0) is 19.1 Å². The van der Waals surface area contributed by atoms with Crippen LogP contribution >= 0.6 is 0 Å². The molecule has 1 heterocycles. The summed E-state index contributed by atoms with van der Waals surface area (Å²) >= 11 is 0. The molecule has 1 aliphatic heterocycles. The third kappa shape index (κ3) is 4.64. The highest BCUT2D eigenvalue weighted by Crippen LogP contribution is 2.33. The monoisotopic (exact) mass is 388 g/mol. The Bertz CT molecular complexity index is 735. The molecule has 1 aromatic carbocycles. The fraction of sp³-hybridized carbons (Fsp3) is 0.571. The van der Waals surface area contributed by atoms with E-state index in [2.05, 4.69) is 12.2 Å². The Morgan fingerprint density at radius 2 is 1.96 bits per heavy atom. The van der Waals surface area contributed by atoms with Crippen LogP contribution in [-0.4, -0.2) is 44.1 Å². The van der Waals surface area contributed by atoms with E-state index in [0.717, 1.165) is 19.3 Å². The van der Waals surface area contributed by atoms with Crippen LogP contribution in [0.3, 0.4) is 0 Å². The van der Waals surface area contributed by atoms with Gasteiger partial charge in [0.05, 0.1) is 18.7 Å². The zero-order valence-corrected chi connectivity index (χ0v) is 16.5. The fourth-order valence-electron chi connectivity index (χ4n) is 3.98. The molecule has 0 unspecified atom stereocenters. The highest BCUT2D eigenvalue weighted by Gasteiger charge is 2.37. The number of amides is 2. The van der Waals surface area contributed by atoms with E-state index in [1.165, 1.54) is 18.4 Å². The molecule has 1 aliphatic carbocycles. The Balaban J connectivity index is 1.51. The first-order chi connectivity index (χ1) is 13.5. The molecule has 1 aromatic rings. The molecule has 1 saturated heterocycles. The fourth-order valence-corrected chi connectivity index (χ4v) is 3.98. The maximum Gasteiger partial charge on any atom is 0.311 e. The van der Waals surface area contributed by atoms with E-state index < -0.39 is 11.9 Å². The van der Waals surface area contributed by atoms with Crippen LogP contribution in [0.15, 0.2) is 24.3 Å². The normalized spacial score (nSPS) is 24.7. The van der Waals surface area contributed by atoms with Crippen molar-refractivity contribution in [2.24, 2.45) is 11.8 Å². The van der Waals surface area contributed by atoms with Gasteiger partial charge in [-0.05, 0) is 30.9 Å². The van der Waals surface area contributed by atoms with Gasteiger partial charge in [-0.1, -0.05) is 31.9 Å². The van der Waals surface area contributed by atoms with E-state index in [9.17, 15) is 14.4 Å². The zero-order chi connectivity index (χ0) is 20.1. The highest BCUT2D eigenvalue weighted by molar-refractivity contribution is 6.00. The molecule has 28 heavy (non-hydrogen) atoms. The van der Waals surface area contributed by atoms with Gasteiger partial charge in [0, 0.05) is 19.0 Å². The summed E-state index contributed by atoms with van der Waals surface area (Å²) in [5, 5.41) is 2.96. The number of carbonyl (C=O) groups is 3. The summed E-state index contributed by atoms with van der Waals surface area (Å²) in [5.74, 6) is -0.525. The summed E-state index contributed by atoms with van der Waals surface area (Å²) in [6, 6.07) is 7.33. The molecule has 7 heteroatoms. The zero-order valence-electron chi connectivity index (χ0n) is 16.5. The lowest BCUT2D eigenvalue weighted by molar-refractivity contribution is -0.152. The lowest BCUT2D eigenvalue weighted by atomic mass is 9.86. The van der Waals surface area contributed by atoms with Gasteiger partial charge < -0.3 is 19.7 Å². The number of methoxy groups -OCH3 is 1. The number of nitrogens with one attached hydrogen (secondary N) is 1. The van der Waals surface area contributed by atoms with Crippen molar-refractivity contribution in [1.82, 2.24) is 5.32 Å². The van der Waals surface area contributed by atoms with Gasteiger partial charge in [0.1, 0.15) is 5.75 Å². The van der Waals surface area contributed by atoms with Gasteiger partial charge in [-0.3, -0.25) is 14.4 Å². The number of hydrogen-bond acceptors (Lipinski definition) is 5. The van der Waals surface area contributed by atoms with E-state index in [0.29, 0.717) is 17.4 Å². The molecule has 2 fully saturated rings. The summed E-state index contributed by atoms with van der Waals surface area (Å²) in [6.07, 6.45) is 4.44. The van der Waals surface area contributed by atoms with Gasteiger partial charge in [-0.15, -0.1) is 0 Å². The minimum atomic E-state index is -0.584. The van der Waals surface area contributed by atoms with E-state index in [4.69, 9.17) is 9.47 Å². The average Bonchev–Trinajstić information content (AvgIpc) is 3.09. The summed E-state index contributed by atoms with van der Waals surface area (Å²) in [5.41, 5.74) is 0.634. The number of hydrogen-bond donors (Lipinski definition) is 1. The number of esters is 1. The Kier molecular flexibility index (Phi) is 6.54. The molecule has 7 nitrogen and oxygen atoms in total. The second kappa shape index (κ2) is 9.08. The molecule has 0 spiro atoms. The van der Waals surface area contributed by atoms with Gasteiger partial charge in [0.25, 0.3) is 5.91 Å². The minimum Gasteiger partial charge on any atom is -0.495 e. The van der Waals surface area contributed by atoms with Crippen molar-refractivity contribution in [2.45, 2.75) is 45.1 Å². The maximum absolute atomic E-state index is 12.4. The molecular weight excluding hydrogens is 360 g/mol. The predicted octanol–water partition coefficient (Wildman–Crippen LogP) is 2.29. The van der Waals surface area contributed by atoms with Crippen molar-refractivity contribution < 1.29 is 23.9 Å². The molecule has 0 radical (unpaired) electrons. The Morgan fingerprint density at radius 3 is 2.71 bits per heavy atom. The topological polar surface area (TPSA) is 84.9 Å². The molecule has 3 rings (SSSR count). The SMILES string of the molecule is COc1ccccc1N1C[C@H](C(=O)OCC(=O)N[C@H]2CCCC[C@H]2C)CC1=O. The molecule has 0 bridgehead atoms. The number of rotatable bonds is 6. The quantitative estimate of drug-likeness (QED) is 0.756. The van der Waals surface area contributed by atoms with Crippen LogP contribution in [0.25, 0.3) is 0 Å². The molecule has 2 amide bonds. The maximum atomic E-state index is 12.4. The first-order valence-corrected chi connectivity index (χ1v) is 9.89. The number of nitrogens with zero attached hydrogens (tertiary/aromatic N) is 1. The van der Waals surface area contributed by atoms with Gasteiger partial charge >= 0.3 is 5.97 Å². The molecule has 0 aromatic heterocycles. The van der Waals surface area contributed by atoms with Crippen molar-refractivity contribution in [3.63, 3.8) is 0 Å². The number of para-hydroxylation sites is 2. The summed E-state index contributed by atoms with van der Waals surface area (Å²) in [6.45, 7) is 2.05. The Morgan fingerprint density at radius 1 is 1.21 bits per heavy atom. The van der Waals surface area contributed by atoms with Crippen LogP contribution in [0.2, 0.25) is 0 Å². The van der Waals surface area contributed by atoms with Crippen molar-refractivity contribution in [1.29, 1.82) is 0 Å². The number of anilines is 1. The number of benzene rings is 1. The Hall–Kier alpha value is -2.57. The second-order valence-corrected chi connectivity index (χ2v) is 7.62. The van der Waals surface area contributed by atoms with Gasteiger partial charge in [0.15, 0.2) is 6.61 Å². The van der Waals surface area contributed by atoms with E-state index in [1.807, 2.05) is 12.1 Å². The molecule has 152 valence electrons. The van der Waals surface area contributed by atoms with Crippen LogP contribution in [0, 0.1) is 11.8 Å².